The molecule has 6 heteroatoms. The number of likely N-dealkylation sites (tertiary alicyclic amines) is 1. The molecule has 0 radical (unpaired) electrons. The summed E-state index contributed by atoms with van der Waals surface area (Å²) in [6.45, 7) is 0.900. The van der Waals surface area contributed by atoms with Crippen LogP contribution in [0.2, 0.25) is 0 Å². The number of rotatable bonds is 4. The van der Waals surface area contributed by atoms with Gasteiger partial charge in [0.25, 0.3) is 0 Å². The molecule has 2 aromatic carbocycles. The van der Waals surface area contributed by atoms with Gasteiger partial charge in [-0.25, -0.2) is 4.79 Å². The molecular formula is C21H23N3O3. The molecule has 1 unspecified atom stereocenters. The molecule has 2 heterocycles. The fourth-order valence-electron chi connectivity index (χ4n) is 4.03. The second-order valence-corrected chi connectivity index (χ2v) is 7.04. The number of amides is 1. The number of imidazole rings is 1. The van der Waals surface area contributed by atoms with Crippen LogP contribution in [0.3, 0.4) is 0 Å². The van der Waals surface area contributed by atoms with Crippen LogP contribution < -0.4 is 5.69 Å². The van der Waals surface area contributed by atoms with E-state index in [1.54, 1.807) is 9.47 Å². The molecule has 1 aliphatic heterocycles. The van der Waals surface area contributed by atoms with Gasteiger partial charge in [0, 0.05) is 13.1 Å². The van der Waals surface area contributed by atoms with Crippen molar-refractivity contribution in [3.63, 3.8) is 0 Å². The number of nitrogens with zero attached hydrogens (tertiary/aromatic N) is 2. The molecule has 2 N–H and O–H groups in total. The SMILES string of the molecule is O=C(C(CO)c1ccccc1)N1CCC[C@H](n2c(=O)[nH]c3ccccc32)C1. The number of hydrogen-bond acceptors (Lipinski definition) is 3. The second-order valence-electron chi connectivity index (χ2n) is 7.04. The maximum absolute atomic E-state index is 13.1. The molecule has 0 bridgehead atoms. The number of carbonyl (C=O) groups is 1. The van der Waals surface area contributed by atoms with Crippen LogP contribution in [0.15, 0.2) is 59.4 Å². The molecule has 6 nitrogen and oxygen atoms in total. The number of carbonyl (C=O) groups excluding carboxylic acids is 1. The summed E-state index contributed by atoms with van der Waals surface area (Å²) < 4.78 is 1.77. The van der Waals surface area contributed by atoms with E-state index in [0.29, 0.717) is 13.1 Å². The molecule has 0 aliphatic carbocycles. The molecule has 140 valence electrons. The molecule has 0 saturated carbocycles. The van der Waals surface area contributed by atoms with Gasteiger partial charge in [-0.2, -0.15) is 0 Å². The minimum atomic E-state index is -0.565. The first-order valence-electron chi connectivity index (χ1n) is 9.33. The van der Waals surface area contributed by atoms with Crippen LogP contribution in [0.25, 0.3) is 11.0 Å². The number of para-hydroxylation sites is 2. The number of aliphatic hydroxyl groups excluding tert-OH is 1. The Morgan fingerprint density at radius 2 is 1.89 bits per heavy atom. The van der Waals surface area contributed by atoms with Gasteiger partial charge in [0.2, 0.25) is 5.91 Å². The highest BCUT2D eigenvalue weighted by molar-refractivity contribution is 5.84. The smallest absolute Gasteiger partial charge is 0.326 e. The summed E-state index contributed by atoms with van der Waals surface area (Å²) in [4.78, 5) is 30.2. The maximum Gasteiger partial charge on any atom is 0.326 e. The zero-order valence-corrected chi connectivity index (χ0v) is 15.0. The van der Waals surface area contributed by atoms with E-state index in [1.165, 1.54) is 0 Å². The third-order valence-corrected chi connectivity index (χ3v) is 5.38. The molecule has 1 aliphatic rings. The van der Waals surface area contributed by atoms with Gasteiger partial charge < -0.3 is 15.0 Å². The maximum atomic E-state index is 13.1. The molecule has 4 rings (SSSR count). The van der Waals surface area contributed by atoms with E-state index in [9.17, 15) is 14.7 Å². The lowest BCUT2D eigenvalue weighted by atomic mass is 9.96. The minimum Gasteiger partial charge on any atom is -0.395 e. The normalized spacial score (nSPS) is 18.6. The summed E-state index contributed by atoms with van der Waals surface area (Å²) in [5.74, 6) is -0.647. The number of fused-ring (bicyclic) bond motifs is 1. The first kappa shape index (κ1) is 17.5. The van der Waals surface area contributed by atoms with Crippen LogP contribution in [-0.2, 0) is 4.79 Å². The Hall–Kier alpha value is -2.86. The molecule has 27 heavy (non-hydrogen) atoms. The predicted octanol–water partition coefficient (Wildman–Crippen LogP) is 2.27. The van der Waals surface area contributed by atoms with Crippen molar-refractivity contribution in [2.45, 2.75) is 24.8 Å². The first-order chi connectivity index (χ1) is 13.2. The van der Waals surface area contributed by atoms with E-state index in [0.717, 1.165) is 29.4 Å². The fraction of sp³-hybridized carbons (Fsp3) is 0.333. The third kappa shape index (κ3) is 3.28. The van der Waals surface area contributed by atoms with Crippen LogP contribution in [0.4, 0.5) is 0 Å². The van der Waals surface area contributed by atoms with Crippen LogP contribution >= 0.6 is 0 Å². The molecule has 2 atom stereocenters. The third-order valence-electron chi connectivity index (χ3n) is 5.38. The largest absolute Gasteiger partial charge is 0.395 e. The Balaban J connectivity index is 1.60. The van der Waals surface area contributed by atoms with Gasteiger partial charge >= 0.3 is 5.69 Å². The van der Waals surface area contributed by atoms with Gasteiger partial charge in [-0.05, 0) is 30.5 Å². The van der Waals surface area contributed by atoms with Crippen LogP contribution in [0.5, 0.6) is 0 Å². The molecule has 3 aromatic rings. The Bertz CT molecular complexity index is 993. The second kappa shape index (κ2) is 7.40. The Kier molecular flexibility index (Phi) is 4.81. The Morgan fingerprint density at radius 1 is 1.15 bits per heavy atom. The van der Waals surface area contributed by atoms with Gasteiger partial charge in [-0.3, -0.25) is 9.36 Å². The van der Waals surface area contributed by atoms with E-state index in [1.807, 2.05) is 54.6 Å². The van der Waals surface area contributed by atoms with Gasteiger partial charge in [0.15, 0.2) is 0 Å². The number of H-pyrrole nitrogens is 1. The molecule has 1 amide bonds. The van der Waals surface area contributed by atoms with Crippen molar-refractivity contribution in [2.75, 3.05) is 19.7 Å². The lowest BCUT2D eigenvalue weighted by molar-refractivity contribution is -0.135. The van der Waals surface area contributed by atoms with Gasteiger partial charge in [-0.1, -0.05) is 42.5 Å². The van der Waals surface area contributed by atoms with Crippen molar-refractivity contribution in [2.24, 2.45) is 0 Å². The van der Waals surface area contributed by atoms with Gasteiger partial charge in [0.05, 0.1) is 29.6 Å². The van der Waals surface area contributed by atoms with Crippen molar-refractivity contribution >= 4 is 16.9 Å². The zero-order chi connectivity index (χ0) is 18.8. The molecule has 0 spiro atoms. The average molecular weight is 365 g/mol. The van der Waals surface area contributed by atoms with Crippen molar-refractivity contribution in [3.8, 4) is 0 Å². The number of hydrogen-bond donors (Lipinski definition) is 2. The topological polar surface area (TPSA) is 78.3 Å². The van der Waals surface area contributed by atoms with E-state index in [4.69, 9.17) is 0 Å². The van der Waals surface area contributed by atoms with E-state index in [-0.39, 0.29) is 24.2 Å². The van der Waals surface area contributed by atoms with E-state index in [2.05, 4.69) is 4.98 Å². The lowest BCUT2D eigenvalue weighted by Gasteiger charge is -2.35. The molecule has 1 aromatic heterocycles. The number of nitrogens with one attached hydrogen (secondary N) is 1. The summed E-state index contributed by atoms with van der Waals surface area (Å²) in [6, 6.07) is 16.9. The lowest BCUT2D eigenvalue weighted by Crippen LogP contribution is -2.45. The minimum absolute atomic E-state index is 0.0681. The number of benzene rings is 2. The predicted molar refractivity (Wildman–Crippen MR) is 104 cm³/mol. The quantitative estimate of drug-likeness (QED) is 0.744. The van der Waals surface area contributed by atoms with Crippen LogP contribution in [0.1, 0.15) is 30.4 Å². The Labute approximate surface area is 157 Å². The summed E-state index contributed by atoms with van der Waals surface area (Å²) in [7, 11) is 0. The molecule has 1 saturated heterocycles. The van der Waals surface area contributed by atoms with Crippen molar-refractivity contribution in [1.29, 1.82) is 0 Å². The fourth-order valence-corrected chi connectivity index (χ4v) is 4.03. The van der Waals surface area contributed by atoms with Crippen LogP contribution in [0, 0.1) is 0 Å². The van der Waals surface area contributed by atoms with Crippen molar-refractivity contribution in [3.05, 3.63) is 70.6 Å². The highest BCUT2D eigenvalue weighted by Crippen LogP contribution is 2.27. The monoisotopic (exact) mass is 365 g/mol. The first-order valence-corrected chi connectivity index (χ1v) is 9.33. The summed E-state index contributed by atoms with van der Waals surface area (Å²) in [6.07, 6.45) is 1.68. The van der Waals surface area contributed by atoms with E-state index >= 15 is 0 Å². The Morgan fingerprint density at radius 3 is 2.67 bits per heavy atom. The van der Waals surface area contributed by atoms with Gasteiger partial charge in [0.1, 0.15) is 0 Å². The zero-order valence-electron chi connectivity index (χ0n) is 15.0. The van der Waals surface area contributed by atoms with Crippen LogP contribution in [-0.4, -0.2) is 45.2 Å². The summed E-state index contributed by atoms with van der Waals surface area (Å²) in [5, 5.41) is 9.81. The van der Waals surface area contributed by atoms with Gasteiger partial charge in [-0.15, -0.1) is 0 Å². The number of piperidine rings is 1. The standard InChI is InChI=1S/C21H23N3O3/c25-14-17(15-7-2-1-3-8-15)20(26)23-12-6-9-16(13-23)24-19-11-5-4-10-18(19)22-21(24)27/h1-5,7-8,10-11,16-17,25H,6,9,12-14H2,(H,22,27)/t16-,17?/m0/s1. The average Bonchev–Trinajstić information content (AvgIpc) is 3.05. The number of aromatic amines is 1. The number of aliphatic hydroxyl groups is 1. The highest BCUT2D eigenvalue weighted by Gasteiger charge is 2.31. The molecule has 1 fully saturated rings. The van der Waals surface area contributed by atoms with E-state index < -0.39 is 5.92 Å². The molecular weight excluding hydrogens is 342 g/mol. The highest BCUT2D eigenvalue weighted by atomic mass is 16.3. The summed E-state index contributed by atoms with van der Waals surface area (Å²) >= 11 is 0. The van der Waals surface area contributed by atoms with Crippen molar-refractivity contribution in [1.82, 2.24) is 14.5 Å². The summed E-state index contributed by atoms with van der Waals surface area (Å²) in [5.41, 5.74) is 2.35. The van der Waals surface area contributed by atoms with Crippen molar-refractivity contribution < 1.29 is 9.90 Å². The number of aromatic nitrogens is 2.